The molecule has 0 aliphatic carbocycles. The minimum Gasteiger partial charge on any atom is -0.504 e. The van der Waals surface area contributed by atoms with Crippen molar-refractivity contribution in [2.45, 2.75) is 12.8 Å². The Morgan fingerprint density at radius 3 is 1.67 bits per heavy atom. The highest BCUT2D eigenvalue weighted by Crippen LogP contribution is 2.14. The number of hydrogen-bond donors (Lipinski definition) is 0. The molecule has 0 atom stereocenters. The molecular formula is C17H18O. The number of rotatable bonds is 5. The van der Waals surface area contributed by atoms with E-state index in [1.54, 1.807) is 7.11 Å². The summed E-state index contributed by atoms with van der Waals surface area (Å²) in [7, 11) is 1.70. The predicted molar refractivity (Wildman–Crippen MR) is 75.4 cm³/mol. The highest BCUT2D eigenvalue weighted by Gasteiger charge is 2.02. The first-order chi connectivity index (χ1) is 8.88. The fraction of sp³-hybridized carbons (Fsp3) is 0.176. The second kappa shape index (κ2) is 6.65. The Morgan fingerprint density at radius 2 is 1.28 bits per heavy atom. The first-order valence-corrected chi connectivity index (χ1v) is 6.17. The van der Waals surface area contributed by atoms with Crippen LogP contribution in [0, 0.1) is 0 Å². The molecule has 0 bridgehead atoms. The van der Waals surface area contributed by atoms with Crippen molar-refractivity contribution in [3.8, 4) is 0 Å². The van der Waals surface area contributed by atoms with Crippen LogP contribution in [0.15, 0.2) is 72.5 Å². The van der Waals surface area contributed by atoms with E-state index in [9.17, 15) is 0 Å². The van der Waals surface area contributed by atoms with Gasteiger partial charge in [-0.2, -0.15) is 0 Å². The van der Waals surface area contributed by atoms with Gasteiger partial charge < -0.3 is 4.74 Å². The lowest BCUT2D eigenvalue weighted by Gasteiger charge is -2.08. The van der Waals surface area contributed by atoms with Crippen molar-refractivity contribution in [2.75, 3.05) is 7.11 Å². The van der Waals surface area contributed by atoms with Crippen molar-refractivity contribution in [3.05, 3.63) is 83.6 Å². The lowest BCUT2D eigenvalue weighted by atomic mass is 9.99. The summed E-state index contributed by atoms with van der Waals surface area (Å²) in [6.07, 6.45) is 3.73. The van der Waals surface area contributed by atoms with Crippen molar-refractivity contribution < 1.29 is 4.74 Å². The van der Waals surface area contributed by atoms with E-state index in [1.165, 1.54) is 16.7 Å². The topological polar surface area (TPSA) is 9.23 Å². The molecular weight excluding hydrogens is 220 g/mol. The van der Waals surface area contributed by atoms with Crippen LogP contribution in [0.25, 0.3) is 0 Å². The first-order valence-electron chi connectivity index (χ1n) is 6.17. The Bertz CT molecular complexity index is 442. The number of hydrogen-bond acceptors (Lipinski definition) is 1. The number of ether oxygens (including phenoxy) is 1. The van der Waals surface area contributed by atoms with Gasteiger partial charge in [-0.15, -0.1) is 0 Å². The molecule has 1 nitrogen and oxygen atoms in total. The fourth-order valence-electron chi connectivity index (χ4n) is 2.03. The van der Waals surface area contributed by atoms with Gasteiger partial charge >= 0.3 is 0 Å². The molecule has 0 aromatic heterocycles. The van der Waals surface area contributed by atoms with E-state index in [2.05, 4.69) is 48.5 Å². The molecule has 18 heavy (non-hydrogen) atoms. The summed E-state index contributed by atoms with van der Waals surface area (Å²) >= 11 is 0. The lowest BCUT2D eigenvalue weighted by molar-refractivity contribution is 0.332. The van der Waals surface area contributed by atoms with E-state index in [0.29, 0.717) is 0 Å². The van der Waals surface area contributed by atoms with Crippen LogP contribution in [0.1, 0.15) is 11.1 Å². The first kappa shape index (κ1) is 12.4. The predicted octanol–water partition coefficient (Wildman–Crippen LogP) is 4.00. The summed E-state index contributed by atoms with van der Waals surface area (Å²) in [6.45, 7) is 0. The number of benzene rings is 2. The third-order valence-electron chi connectivity index (χ3n) is 2.83. The van der Waals surface area contributed by atoms with Crippen molar-refractivity contribution in [1.82, 2.24) is 0 Å². The Hall–Kier alpha value is -2.02. The minimum atomic E-state index is 0.934. The average molecular weight is 238 g/mol. The molecule has 0 spiro atoms. The third-order valence-corrected chi connectivity index (χ3v) is 2.83. The summed E-state index contributed by atoms with van der Waals surface area (Å²) in [5.41, 5.74) is 3.92. The fourth-order valence-corrected chi connectivity index (χ4v) is 2.03. The maximum Gasteiger partial charge on any atom is 0.0823 e. The Balaban J connectivity index is 2.08. The largest absolute Gasteiger partial charge is 0.504 e. The smallest absolute Gasteiger partial charge is 0.0823 e. The molecule has 2 aromatic rings. The van der Waals surface area contributed by atoms with Crippen LogP contribution in [0.5, 0.6) is 0 Å². The van der Waals surface area contributed by atoms with Gasteiger partial charge in [0.2, 0.25) is 0 Å². The zero-order chi connectivity index (χ0) is 12.6. The summed E-state index contributed by atoms with van der Waals surface area (Å²) in [4.78, 5) is 0. The van der Waals surface area contributed by atoms with Crippen LogP contribution in [0.4, 0.5) is 0 Å². The highest BCUT2D eigenvalue weighted by molar-refractivity contribution is 5.26. The molecule has 0 saturated heterocycles. The van der Waals surface area contributed by atoms with E-state index >= 15 is 0 Å². The van der Waals surface area contributed by atoms with Crippen LogP contribution >= 0.6 is 0 Å². The van der Waals surface area contributed by atoms with Gasteiger partial charge in [0.05, 0.1) is 13.4 Å². The van der Waals surface area contributed by atoms with Crippen molar-refractivity contribution >= 4 is 0 Å². The van der Waals surface area contributed by atoms with Crippen molar-refractivity contribution in [1.29, 1.82) is 0 Å². The molecule has 0 heterocycles. The van der Waals surface area contributed by atoms with Gasteiger partial charge in [0.15, 0.2) is 0 Å². The second-order valence-corrected chi connectivity index (χ2v) is 4.34. The highest BCUT2D eigenvalue weighted by atomic mass is 16.5. The molecule has 0 aliphatic heterocycles. The van der Waals surface area contributed by atoms with Gasteiger partial charge in [0, 0.05) is 0 Å². The maximum atomic E-state index is 5.19. The van der Waals surface area contributed by atoms with Crippen LogP contribution in [0.3, 0.4) is 0 Å². The van der Waals surface area contributed by atoms with Gasteiger partial charge in [-0.1, -0.05) is 60.7 Å². The summed E-state index contributed by atoms with van der Waals surface area (Å²) in [5, 5.41) is 0. The van der Waals surface area contributed by atoms with Crippen LogP contribution < -0.4 is 0 Å². The summed E-state index contributed by atoms with van der Waals surface area (Å²) in [6, 6.07) is 21.0. The van der Waals surface area contributed by atoms with E-state index in [4.69, 9.17) is 4.74 Å². The van der Waals surface area contributed by atoms with E-state index in [0.717, 1.165) is 12.8 Å². The summed E-state index contributed by atoms with van der Waals surface area (Å²) in [5.74, 6) is 0. The molecule has 0 amide bonds. The maximum absolute atomic E-state index is 5.19. The van der Waals surface area contributed by atoms with Gasteiger partial charge in [0.1, 0.15) is 0 Å². The van der Waals surface area contributed by atoms with Gasteiger partial charge in [-0.3, -0.25) is 0 Å². The molecule has 0 unspecified atom stereocenters. The second-order valence-electron chi connectivity index (χ2n) is 4.34. The standard InChI is InChI=1S/C17H18O/c1-18-14-17(12-15-8-4-2-5-9-15)13-16-10-6-3-7-11-16/h2-11,14H,12-13H2,1H3. The summed E-state index contributed by atoms with van der Waals surface area (Å²) < 4.78 is 5.19. The number of methoxy groups -OCH3 is 1. The zero-order valence-corrected chi connectivity index (χ0v) is 10.7. The molecule has 0 N–H and O–H groups in total. The SMILES string of the molecule is COC=C(Cc1ccccc1)Cc1ccccc1. The average Bonchev–Trinajstić information content (AvgIpc) is 2.41. The van der Waals surface area contributed by atoms with E-state index < -0.39 is 0 Å². The molecule has 2 rings (SSSR count). The molecule has 1 heteroatoms. The molecule has 92 valence electrons. The quantitative estimate of drug-likeness (QED) is 0.715. The van der Waals surface area contributed by atoms with E-state index in [-0.39, 0.29) is 0 Å². The Kier molecular flexibility index (Phi) is 4.60. The monoisotopic (exact) mass is 238 g/mol. The molecule has 0 saturated carbocycles. The van der Waals surface area contributed by atoms with E-state index in [1.807, 2.05) is 18.4 Å². The Morgan fingerprint density at radius 1 is 0.833 bits per heavy atom. The third kappa shape index (κ3) is 3.77. The Labute approximate surface area is 109 Å². The van der Waals surface area contributed by atoms with Crippen LogP contribution in [-0.2, 0) is 17.6 Å². The van der Waals surface area contributed by atoms with Gasteiger partial charge in [-0.05, 0) is 29.5 Å². The van der Waals surface area contributed by atoms with Crippen LogP contribution in [0.2, 0.25) is 0 Å². The van der Waals surface area contributed by atoms with Gasteiger partial charge in [0.25, 0.3) is 0 Å². The lowest BCUT2D eigenvalue weighted by Crippen LogP contribution is -1.96. The zero-order valence-electron chi connectivity index (χ0n) is 10.7. The van der Waals surface area contributed by atoms with Crippen LogP contribution in [-0.4, -0.2) is 7.11 Å². The molecule has 0 radical (unpaired) electrons. The van der Waals surface area contributed by atoms with Crippen molar-refractivity contribution in [3.63, 3.8) is 0 Å². The minimum absolute atomic E-state index is 0.934. The molecule has 2 aromatic carbocycles. The number of allylic oxidation sites excluding steroid dienone is 1. The molecule has 0 aliphatic rings. The van der Waals surface area contributed by atoms with Gasteiger partial charge in [-0.25, -0.2) is 0 Å². The normalized spacial score (nSPS) is 9.83. The van der Waals surface area contributed by atoms with Crippen molar-refractivity contribution in [2.24, 2.45) is 0 Å². The molecule has 0 fully saturated rings.